The predicted molar refractivity (Wildman–Crippen MR) is 101 cm³/mol. The Morgan fingerprint density at radius 1 is 1.18 bits per heavy atom. The second-order valence-corrected chi connectivity index (χ2v) is 6.53. The molecule has 1 amide bonds. The first-order valence-corrected chi connectivity index (χ1v) is 8.97. The number of amides is 1. The number of hydrogen-bond donors (Lipinski definition) is 1. The Balaban J connectivity index is 1.61. The Bertz CT molecular complexity index is 1180. The Hall–Kier alpha value is -3.46. The van der Waals surface area contributed by atoms with Gasteiger partial charge < -0.3 is 14.4 Å². The molecule has 5 heterocycles. The van der Waals surface area contributed by atoms with Gasteiger partial charge in [0.05, 0.1) is 32.7 Å². The average Bonchev–Trinajstić information content (AvgIpc) is 3.40. The highest BCUT2D eigenvalue weighted by Gasteiger charge is 2.22. The number of carbonyl (C=O) groups is 1. The quantitative estimate of drug-likeness (QED) is 0.583. The monoisotopic (exact) mass is 378 g/mol. The number of carbonyl (C=O) groups excluding carboxylic acids is 1. The van der Waals surface area contributed by atoms with Crippen molar-refractivity contribution in [1.29, 1.82) is 0 Å². The summed E-state index contributed by atoms with van der Waals surface area (Å²) in [7, 11) is 1.57. The third kappa shape index (κ3) is 2.59. The van der Waals surface area contributed by atoms with Crippen LogP contribution in [0.25, 0.3) is 27.7 Å². The van der Waals surface area contributed by atoms with Crippen molar-refractivity contribution < 1.29 is 14.3 Å². The van der Waals surface area contributed by atoms with Gasteiger partial charge in [-0.2, -0.15) is 5.10 Å². The van der Waals surface area contributed by atoms with Gasteiger partial charge in [-0.1, -0.05) is 0 Å². The zero-order valence-corrected chi connectivity index (χ0v) is 15.3. The molecule has 0 bridgehead atoms. The number of hydrogen-bond acceptors (Lipinski definition) is 6. The van der Waals surface area contributed by atoms with Gasteiger partial charge in [0.2, 0.25) is 5.88 Å². The highest BCUT2D eigenvalue weighted by Crippen LogP contribution is 2.31. The van der Waals surface area contributed by atoms with Crippen LogP contribution in [0.2, 0.25) is 0 Å². The standard InChI is InChI=1S/C19H18N6O3/c1-27-18-17-14(9-22-23-17)13(8-21-18)12-2-3-16-20-10-15(25(16)11-12)19(26)24-4-6-28-7-5-24/h2-3,8-11H,4-7H2,1H3,(H,22,23). The van der Waals surface area contributed by atoms with Gasteiger partial charge in [-0.25, -0.2) is 9.97 Å². The molecule has 0 unspecified atom stereocenters. The SMILES string of the molecule is COc1ncc(-c2ccc3ncc(C(=O)N4CCOCC4)n3c2)c2cn[nH]c12. The van der Waals surface area contributed by atoms with Gasteiger partial charge in [-0.15, -0.1) is 0 Å². The molecule has 1 saturated heterocycles. The van der Waals surface area contributed by atoms with Crippen molar-refractivity contribution >= 4 is 22.5 Å². The Morgan fingerprint density at radius 3 is 2.86 bits per heavy atom. The van der Waals surface area contributed by atoms with Crippen molar-refractivity contribution in [2.75, 3.05) is 33.4 Å². The summed E-state index contributed by atoms with van der Waals surface area (Å²) in [6, 6.07) is 3.85. The third-order valence-corrected chi connectivity index (χ3v) is 4.98. The average molecular weight is 378 g/mol. The molecule has 1 fully saturated rings. The van der Waals surface area contributed by atoms with E-state index in [4.69, 9.17) is 9.47 Å². The van der Waals surface area contributed by atoms with Crippen molar-refractivity contribution in [2.24, 2.45) is 0 Å². The molecule has 4 aromatic rings. The molecular weight excluding hydrogens is 360 g/mol. The molecule has 28 heavy (non-hydrogen) atoms. The Kier molecular flexibility index (Phi) is 3.94. The van der Waals surface area contributed by atoms with E-state index >= 15 is 0 Å². The lowest BCUT2D eigenvalue weighted by atomic mass is 10.1. The lowest BCUT2D eigenvalue weighted by Gasteiger charge is -2.26. The van der Waals surface area contributed by atoms with E-state index in [1.807, 2.05) is 22.7 Å². The molecule has 0 aliphatic carbocycles. The number of nitrogens with zero attached hydrogens (tertiary/aromatic N) is 5. The van der Waals surface area contributed by atoms with Crippen LogP contribution in [0.1, 0.15) is 10.5 Å². The van der Waals surface area contributed by atoms with Crippen LogP contribution in [0.4, 0.5) is 0 Å². The second-order valence-electron chi connectivity index (χ2n) is 6.53. The summed E-state index contributed by atoms with van der Waals surface area (Å²) in [6.45, 7) is 2.29. The summed E-state index contributed by atoms with van der Waals surface area (Å²) < 4.78 is 12.5. The third-order valence-electron chi connectivity index (χ3n) is 4.98. The lowest BCUT2D eigenvalue weighted by molar-refractivity contribution is 0.0298. The van der Waals surface area contributed by atoms with Gasteiger partial charge in [-0.3, -0.25) is 14.3 Å². The van der Waals surface area contributed by atoms with E-state index in [9.17, 15) is 4.79 Å². The van der Waals surface area contributed by atoms with Crippen LogP contribution in [0.3, 0.4) is 0 Å². The summed E-state index contributed by atoms with van der Waals surface area (Å²) in [5.74, 6) is 0.442. The van der Waals surface area contributed by atoms with E-state index in [-0.39, 0.29) is 5.91 Å². The first kappa shape index (κ1) is 16.7. The van der Waals surface area contributed by atoms with Gasteiger partial charge in [0, 0.05) is 42.0 Å². The van der Waals surface area contributed by atoms with Crippen LogP contribution in [0, 0.1) is 0 Å². The van der Waals surface area contributed by atoms with Crippen LogP contribution >= 0.6 is 0 Å². The Morgan fingerprint density at radius 2 is 2.04 bits per heavy atom. The van der Waals surface area contributed by atoms with Crippen LogP contribution < -0.4 is 4.74 Å². The lowest BCUT2D eigenvalue weighted by Crippen LogP contribution is -2.41. The minimum atomic E-state index is -0.0470. The number of H-pyrrole nitrogens is 1. The Labute approximate surface area is 159 Å². The predicted octanol–water partition coefficient (Wildman–Crippen LogP) is 1.75. The van der Waals surface area contributed by atoms with E-state index in [0.717, 1.165) is 22.0 Å². The highest BCUT2D eigenvalue weighted by atomic mass is 16.5. The first-order chi connectivity index (χ1) is 13.8. The number of rotatable bonds is 3. The molecule has 0 saturated carbocycles. The summed E-state index contributed by atoms with van der Waals surface area (Å²) >= 11 is 0. The van der Waals surface area contributed by atoms with Crippen molar-refractivity contribution in [3.8, 4) is 17.0 Å². The molecular formula is C19H18N6O3. The van der Waals surface area contributed by atoms with E-state index in [0.29, 0.717) is 43.5 Å². The van der Waals surface area contributed by atoms with Crippen molar-refractivity contribution in [3.63, 3.8) is 0 Å². The molecule has 1 N–H and O–H groups in total. The summed E-state index contributed by atoms with van der Waals surface area (Å²) in [4.78, 5) is 23.5. The van der Waals surface area contributed by atoms with Crippen LogP contribution in [0.5, 0.6) is 5.88 Å². The molecule has 142 valence electrons. The fraction of sp³-hybridized carbons (Fsp3) is 0.263. The number of fused-ring (bicyclic) bond motifs is 2. The number of morpholine rings is 1. The number of aromatic amines is 1. The van der Waals surface area contributed by atoms with Gasteiger partial charge in [0.1, 0.15) is 16.9 Å². The molecule has 9 nitrogen and oxygen atoms in total. The van der Waals surface area contributed by atoms with Crippen LogP contribution in [-0.4, -0.2) is 68.8 Å². The summed E-state index contributed by atoms with van der Waals surface area (Å²) in [6.07, 6.45) is 7.02. The zero-order chi connectivity index (χ0) is 19.1. The minimum absolute atomic E-state index is 0.0470. The molecule has 5 rings (SSSR count). The first-order valence-electron chi connectivity index (χ1n) is 8.97. The van der Waals surface area contributed by atoms with Gasteiger partial charge in [-0.05, 0) is 12.1 Å². The fourth-order valence-corrected chi connectivity index (χ4v) is 3.52. The number of pyridine rings is 2. The van der Waals surface area contributed by atoms with E-state index < -0.39 is 0 Å². The van der Waals surface area contributed by atoms with Crippen molar-refractivity contribution in [3.05, 3.63) is 42.6 Å². The van der Waals surface area contributed by atoms with Gasteiger partial charge >= 0.3 is 0 Å². The maximum Gasteiger partial charge on any atom is 0.272 e. The largest absolute Gasteiger partial charge is 0.479 e. The molecule has 0 radical (unpaired) electrons. The maximum atomic E-state index is 12.9. The number of imidazole rings is 1. The van der Waals surface area contributed by atoms with Gasteiger partial charge in [0.15, 0.2) is 0 Å². The van der Waals surface area contributed by atoms with Crippen LogP contribution in [0.15, 0.2) is 36.9 Å². The second kappa shape index (κ2) is 6.61. The molecule has 0 spiro atoms. The summed E-state index contributed by atoms with van der Waals surface area (Å²) in [5.41, 5.74) is 3.78. The number of aromatic nitrogens is 5. The number of methoxy groups -OCH3 is 1. The number of ether oxygens (including phenoxy) is 2. The number of nitrogens with one attached hydrogen (secondary N) is 1. The molecule has 1 aliphatic heterocycles. The molecule has 9 heteroatoms. The van der Waals surface area contributed by atoms with Crippen molar-refractivity contribution in [1.82, 2.24) is 29.5 Å². The molecule has 0 atom stereocenters. The van der Waals surface area contributed by atoms with E-state index in [2.05, 4.69) is 20.2 Å². The van der Waals surface area contributed by atoms with Crippen LogP contribution in [-0.2, 0) is 4.74 Å². The molecule has 0 aromatic carbocycles. The summed E-state index contributed by atoms with van der Waals surface area (Å²) in [5, 5.41) is 7.94. The molecule has 4 aromatic heterocycles. The topological polar surface area (TPSA) is 97.6 Å². The zero-order valence-electron chi connectivity index (χ0n) is 15.3. The highest BCUT2D eigenvalue weighted by molar-refractivity contribution is 5.97. The molecule has 1 aliphatic rings. The van der Waals surface area contributed by atoms with E-state index in [1.165, 1.54) is 0 Å². The minimum Gasteiger partial charge on any atom is -0.479 e. The van der Waals surface area contributed by atoms with Crippen molar-refractivity contribution in [2.45, 2.75) is 0 Å². The maximum absolute atomic E-state index is 12.9. The normalized spacial score (nSPS) is 14.7. The van der Waals surface area contributed by atoms with Gasteiger partial charge in [0.25, 0.3) is 5.91 Å². The van der Waals surface area contributed by atoms with E-state index in [1.54, 1.807) is 30.6 Å². The fourth-order valence-electron chi connectivity index (χ4n) is 3.52. The smallest absolute Gasteiger partial charge is 0.272 e.